The number of rotatable bonds is 2. The minimum Gasteiger partial charge on any atom is -0.329 e. The zero-order valence-corrected chi connectivity index (χ0v) is 7.18. The van der Waals surface area contributed by atoms with Gasteiger partial charge in [-0.15, -0.1) is 0 Å². The summed E-state index contributed by atoms with van der Waals surface area (Å²) >= 11 is 5.48. The van der Waals surface area contributed by atoms with E-state index in [1.165, 1.54) is 12.1 Å². The van der Waals surface area contributed by atoms with Crippen molar-refractivity contribution in [2.24, 2.45) is 11.5 Å². The second kappa shape index (κ2) is 3.85. The van der Waals surface area contributed by atoms with Crippen LogP contribution in [0.2, 0.25) is 5.02 Å². The molecule has 0 saturated heterocycles. The summed E-state index contributed by atoms with van der Waals surface area (Å²) in [4.78, 5) is 0. The summed E-state index contributed by atoms with van der Waals surface area (Å²) in [5.74, 6) is -0.460. The molecule has 1 rings (SSSR count). The highest BCUT2D eigenvalue weighted by Gasteiger charge is 2.06. The molecular weight excluding hydrogens is 179 g/mol. The molecule has 0 spiro atoms. The van der Waals surface area contributed by atoms with E-state index in [0.717, 1.165) is 0 Å². The highest BCUT2D eigenvalue weighted by Crippen LogP contribution is 2.18. The fraction of sp³-hybridized carbons (Fsp3) is 0.250. The molecule has 0 aliphatic rings. The molecule has 0 radical (unpaired) electrons. The molecule has 0 saturated carbocycles. The molecule has 12 heavy (non-hydrogen) atoms. The number of halogens is 2. The van der Waals surface area contributed by atoms with Crippen molar-refractivity contribution in [2.75, 3.05) is 6.54 Å². The minimum absolute atomic E-state index is 0.1000. The standard InChI is InChI=1S/C8H10ClFN2/c9-6-2-1-5(3-7(6)10)8(12)4-11/h1-3,8H,4,11-12H2/t8-/m0/s1. The molecule has 1 aromatic rings. The van der Waals surface area contributed by atoms with Crippen LogP contribution in [-0.4, -0.2) is 6.54 Å². The van der Waals surface area contributed by atoms with E-state index in [1.807, 2.05) is 0 Å². The van der Waals surface area contributed by atoms with Gasteiger partial charge in [0.05, 0.1) is 5.02 Å². The van der Waals surface area contributed by atoms with Crippen LogP contribution < -0.4 is 11.5 Å². The Morgan fingerprint density at radius 3 is 2.67 bits per heavy atom. The summed E-state index contributed by atoms with van der Waals surface area (Å²) in [6.07, 6.45) is 0. The van der Waals surface area contributed by atoms with E-state index < -0.39 is 5.82 Å². The van der Waals surface area contributed by atoms with Crippen molar-refractivity contribution in [1.82, 2.24) is 0 Å². The largest absolute Gasteiger partial charge is 0.329 e. The zero-order valence-electron chi connectivity index (χ0n) is 6.43. The van der Waals surface area contributed by atoms with E-state index in [9.17, 15) is 4.39 Å². The number of nitrogens with two attached hydrogens (primary N) is 2. The topological polar surface area (TPSA) is 52.0 Å². The zero-order chi connectivity index (χ0) is 9.14. The van der Waals surface area contributed by atoms with Crippen LogP contribution in [0.25, 0.3) is 0 Å². The Hall–Kier alpha value is -0.640. The summed E-state index contributed by atoms with van der Waals surface area (Å²) in [6, 6.07) is 4.13. The lowest BCUT2D eigenvalue weighted by Gasteiger charge is -2.08. The van der Waals surface area contributed by atoms with Crippen molar-refractivity contribution >= 4 is 11.6 Å². The Labute approximate surface area is 75.3 Å². The van der Waals surface area contributed by atoms with Gasteiger partial charge in [-0.1, -0.05) is 17.7 Å². The lowest BCUT2D eigenvalue weighted by atomic mass is 10.1. The Balaban J connectivity index is 2.96. The predicted molar refractivity (Wildman–Crippen MR) is 47.4 cm³/mol. The van der Waals surface area contributed by atoms with Crippen molar-refractivity contribution in [3.63, 3.8) is 0 Å². The second-order valence-electron chi connectivity index (χ2n) is 2.52. The Bertz CT molecular complexity index is 278. The molecule has 0 aliphatic carbocycles. The van der Waals surface area contributed by atoms with Gasteiger partial charge in [-0.2, -0.15) is 0 Å². The van der Waals surface area contributed by atoms with Crippen LogP contribution in [0.4, 0.5) is 4.39 Å². The van der Waals surface area contributed by atoms with Gasteiger partial charge in [-0.05, 0) is 17.7 Å². The summed E-state index contributed by atoms with van der Waals surface area (Å²) in [7, 11) is 0. The van der Waals surface area contributed by atoms with Crippen LogP contribution in [0.1, 0.15) is 11.6 Å². The van der Waals surface area contributed by atoms with Crippen LogP contribution in [-0.2, 0) is 0 Å². The predicted octanol–water partition coefficient (Wildman–Crippen LogP) is 1.44. The highest BCUT2D eigenvalue weighted by atomic mass is 35.5. The summed E-state index contributed by atoms with van der Waals surface area (Å²) < 4.78 is 12.8. The van der Waals surface area contributed by atoms with Gasteiger partial charge in [-0.3, -0.25) is 0 Å². The third kappa shape index (κ3) is 1.94. The van der Waals surface area contributed by atoms with Gasteiger partial charge in [0.25, 0.3) is 0 Å². The third-order valence-corrected chi connectivity index (χ3v) is 1.93. The van der Waals surface area contributed by atoms with Gasteiger partial charge >= 0.3 is 0 Å². The van der Waals surface area contributed by atoms with E-state index in [4.69, 9.17) is 23.1 Å². The molecule has 0 unspecified atom stereocenters. The first-order valence-electron chi connectivity index (χ1n) is 3.55. The third-order valence-electron chi connectivity index (χ3n) is 1.63. The number of hydrogen-bond donors (Lipinski definition) is 2. The van der Waals surface area contributed by atoms with Crippen molar-refractivity contribution in [1.29, 1.82) is 0 Å². The van der Waals surface area contributed by atoms with Gasteiger partial charge in [0.15, 0.2) is 0 Å². The molecule has 0 fully saturated rings. The van der Waals surface area contributed by atoms with Crippen molar-refractivity contribution in [3.8, 4) is 0 Å². The Morgan fingerprint density at radius 2 is 2.17 bits per heavy atom. The lowest BCUT2D eigenvalue weighted by Crippen LogP contribution is -2.20. The monoisotopic (exact) mass is 188 g/mol. The SMILES string of the molecule is NC[C@H](N)c1ccc(Cl)c(F)c1. The lowest BCUT2D eigenvalue weighted by molar-refractivity contribution is 0.620. The average molecular weight is 189 g/mol. The van der Waals surface area contributed by atoms with Crippen LogP contribution in [0.15, 0.2) is 18.2 Å². The smallest absolute Gasteiger partial charge is 0.142 e. The summed E-state index contributed by atoms with van der Waals surface area (Å²) in [6.45, 7) is 0.293. The first-order chi connectivity index (χ1) is 5.65. The molecular formula is C8H10ClFN2. The van der Waals surface area contributed by atoms with E-state index in [-0.39, 0.29) is 11.1 Å². The summed E-state index contributed by atoms with van der Waals surface area (Å²) in [5.41, 5.74) is 11.6. The molecule has 1 atom stereocenters. The van der Waals surface area contributed by atoms with Gasteiger partial charge < -0.3 is 11.5 Å². The fourth-order valence-electron chi connectivity index (χ4n) is 0.879. The fourth-order valence-corrected chi connectivity index (χ4v) is 0.997. The first-order valence-corrected chi connectivity index (χ1v) is 3.93. The van der Waals surface area contributed by atoms with Crippen LogP contribution in [0.5, 0.6) is 0 Å². The van der Waals surface area contributed by atoms with Gasteiger partial charge in [0, 0.05) is 12.6 Å². The van der Waals surface area contributed by atoms with Gasteiger partial charge in [0.2, 0.25) is 0 Å². The molecule has 1 aromatic carbocycles. The van der Waals surface area contributed by atoms with Crippen LogP contribution in [0, 0.1) is 5.82 Å². The molecule has 4 heteroatoms. The highest BCUT2D eigenvalue weighted by molar-refractivity contribution is 6.30. The number of benzene rings is 1. The van der Waals surface area contributed by atoms with Crippen LogP contribution >= 0.6 is 11.6 Å². The minimum atomic E-state index is -0.460. The molecule has 0 amide bonds. The summed E-state index contributed by atoms with van der Waals surface area (Å²) in [5, 5.41) is 0.1000. The van der Waals surface area contributed by atoms with E-state index in [1.54, 1.807) is 6.07 Å². The maximum absolute atomic E-state index is 12.8. The molecule has 0 bridgehead atoms. The molecule has 4 N–H and O–H groups in total. The molecule has 0 aliphatic heterocycles. The molecule has 0 aromatic heterocycles. The van der Waals surface area contributed by atoms with E-state index in [0.29, 0.717) is 12.1 Å². The van der Waals surface area contributed by atoms with Gasteiger partial charge in [-0.25, -0.2) is 4.39 Å². The van der Waals surface area contributed by atoms with Crippen molar-refractivity contribution in [3.05, 3.63) is 34.6 Å². The quantitative estimate of drug-likeness (QED) is 0.738. The van der Waals surface area contributed by atoms with E-state index >= 15 is 0 Å². The maximum Gasteiger partial charge on any atom is 0.142 e. The van der Waals surface area contributed by atoms with Gasteiger partial charge in [0.1, 0.15) is 5.82 Å². The second-order valence-corrected chi connectivity index (χ2v) is 2.92. The normalized spacial score (nSPS) is 13.0. The molecule has 66 valence electrons. The first kappa shape index (κ1) is 9.45. The van der Waals surface area contributed by atoms with Crippen molar-refractivity contribution in [2.45, 2.75) is 6.04 Å². The number of hydrogen-bond acceptors (Lipinski definition) is 2. The average Bonchev–Trinajstić information content (AvgIpc) is 2.08. The maximum atomic E-state index is 12.8. The Kier molecular flexibility index (Phi) is 3.03. The molecule has 2 nitrogen and oxygen atoms in total. The van der Waals surface area contributed by atoms with Crippen LogP contribution in [0.3, 0.4) is 0 Å². The molecule has 0 heterocycles. The Morgan fingerprint density at radius 1 is 1.50 bits per heavy atom. The van der Waals surface area contributed by atoms with E-state index in [2.05, 4.69) is 0 Å². The van der Waals surface area contributed by atoms with Crippen molar-refractivity contribution < 1.29 is 4.39 Å².